The lowest BCUT2D eigenvalue weighted by molar-refractivity contribution is 0.945. The van der Waals surface area contributed by atoms with Crippen LogP contribution in [0.25, 0.3) is 32.0 Å². The first-order chi connectivity index (χ1) is 11.7. The lowest BCUT2D eigenvalue weighted by atomic mass is 10.2. The molecule has 0 aliphatic rings. The van der Waals surface area contributed by atoms with E-state index in [9.17, 15) is 4.79 Å². The summed E-state index contributed by atoms with van der Waals surface area (Å²) in [5, 5.41) is 5.31. The fourth-order valence-corrected chi connectivity index (χ4v) is 3.79. The third kappa shape index (κ3) is 1.74. The molecule has 0 fully saturated rings. The highest BCUT2D eigenvalue weighted by atomic mass is 32.1. The van der Waals surface area contributed by atoms with Gasteiger partial charge in [0.15, 0.2) is 5.13 Å². The Hall–Kier alpha value is -3.13. The topological polar surface area (TPSA) is 78.0 Å². The van der Waals surface area contributed by atoms with Gasteiger partial charge in [-0.1, -0.05) is 23.5 Å². The molecule has 0 saturated heterocycles. The van der Waals surface area contributed by atoms with Gasteiger partial charge in [0.05, 0.1) is 26.8 Å². The normalized spacial score (nSPS) is 11.7. The second-order valence-electron chi connectivity index (χ2n) is 5.38. The summed E-state index contributed by atoms with van der Waals surface area (Å²) < 4.78 is 4.18. The van der Waals surface area contributed by atoms with Crippen LogP contribution in [0.2, 0.25) is 0 Å². The maximum Gasteiger partial charge on any atom is 0.268 e. The quantitative estimate of drug-likeness (QED) is 0.470. The smallest absolute Gasteiger partial charge is 0.268 e. The van der Waals surface area contributed by atoms with E-state index in [0.29, 0.717) is 27.5 Å². The monoisotopic (exact) mass is 334 g/mol. The highest BCUT2D eigenvalue weighted by molar-refractivity contribution is 7.20. The third-order valence-electron chi connectivity index (χ3n) is 3.95. The number of aryl methyl sites for hydroxylation is 1. The van der Waals surface area contributed by atoms with Crippen LogP contribution >= 0.6 is 11.3 Å². The lowest BCUT2D eigenvalue weighted by Crippen LogP contribution is -2.20. The van der Waals surface area contributed by atoms with E-state index in [1.807, 2.05) is 30.3 Å². The van der Waals surface area contributed by atoms with Crippen molar-refractivity contribution in [2.24, 2.45) is 0 Å². The summed E-state index contributed by atoms with van der Waals surface area (Å²) in [5.74, 6) is 0.483. The van der Waals surface area contributed by atoms with Crippen LogP contribution in [-0.4, -0.2) is 29.1 Å². The van der Waals surface area contributed by atoms with Crippen LogP contribution in [-0.2, 0) is 0 Å². The van der Waals surface area contributed by atoms with Gasteiger partial charge in [-0.25, -0.2) is 9.97 Å². The summed E-state index contributed by atoms with van der Waals surface area (Å²) >= 11 is 1.48. The molecule has 0 atom stereocenters. The molecule has 5 rings (SSSR count). The van der Waals surface area contributed by atoms with Crippen molar-refractivity contribution in [1.29, 1.82) is 0 Å². The summed E-state index contributed by atoms with van der Waals surface area (Å²) in [6.07, 6.45) is 3.16. The second kappa shape index (κ2) is 4.68. The Morgan fingerprint density at radius 3 is 2.88 bits per heavy atom. The number of hydrogen-bond donors (Lipinski definition) is 0. The Balaban J connectivity index is 1.87. The molecule has 4 aromatic heterocycles. The summed E-state index contributed by atoms with van der Waals surface area (Å²) in [6.45, 7) is 1.81. The summed E-state index contributed by atoms with van der Waals surface area (Å²) in [6, 6.07) is 9.67. The molecule has 0 bridgehead atoms. The van der Waals surface area contributed by atoms with Gasteiger partial charge in [0.2, 0.25) is 0 Å². The van der Waals surface area contributed by atoms with Gasteiger partial charge in [-0.05, 0) is 25.1 Å². The number of hydrogen-bond acceptors (Lipinski definition) is 6. The van der Waals surface area contributed by atoms with Crippen LogP contribution in [0.1, 0.15) is 5.69 Å². The molecule has 8 heteroatoms. The SMILES string of the molecule is Cc1nc2ncnn2c2ccn(-c3nc4ccccc4s3)c(=O)c12. The molecule has 4 heterocycles. The minimum Gasteiger partial charge on any atom is -0.268 e. The van der Waals surface area contributed by atoms with Crippen molar-refractivity contribution in [2.45, 2.75) is 6.92 Å². The minimum absolute atomic E-state index is 0.158. The molecule has 0 spiro atoms. The predicted octanol–water partition coefficient (Wildman–Crippen LogP) is 2.35. The Morgan fingerprint density at radius 1 is 1.12 bits per heavy atom. The van der Waals surface area contributed by atoms with Crippen molar-refractivity contribution in [3.63, 3.8) is 0 Å². The number of fused-ring (bicyclic) bond motifs is 4. The van der Waals surface area contributed by atoms with E-state index in [-0.39, 0.29) is 5.56 Å². The molecule has 5 aromatic rings. The fourth-order valence-electron chi connectivity index (χ4n) is 2.84. The molecule has 116 valence electrons. The Morgan fingerprint density at radius 2 is 2.00 bits per heavy atom. The van der Waals surface area contributed by atoms with Gasteiger partial charge in [0.25, 0.3) is 11.3 Å². The molecule has 24 heavy (non-hydrogen) atoms. The zero-order valence-corrected chi connectivity index (χ0v) is 13.4. The average Bonchev–Trinajstić information content (AvgIpc) is 3.20. The molecule has 0 amide bonds. The van der Waals surface area contributed by atoms with Gasteiger partial charge in [-0.2, -0.15) is 14.6 Å². The maximum atomic E-state index is 13.0. The van der Waals surface area contributed by atoms with E-state index in [2.05, 4.69) is 20.1 Å². The zero-order valence-electron chi connectivity index (χ0n) is 12.5. The molecular formula is C16H10N6OS. The zero-order chi connectivity index (χ0) is 16.3. The third-order valence-corrected chi connectivity index (χ3v) is 4.98. The van der Waals surface area contributed by atoms with E-state index in [4.69, 9.17) is 0 Å². The van der Waals surface area contributed by atoms with Crippen LogP contribution in [0.3, 0.4) is 0 Å². The predicted molar refractivity (Wildman–Crippen MR) is 91.8 cm³/mol. The number of aromatic nitrogens is 6. The standard InChI is InChI=1S/C16H10N6OS/c1-9-13-11(22-15(19-9)17-8-18-22)6-7-21(14(13)23)16-20-10-4-2-3-5-12(10)24-16/h2-8H,1H3. The van der Waals surface area contributed by atoms with Gasteiger partial charge in [-0.15, -0.1) is 0 Å². The van der Waals surface area contributed by atoms with Crippen LogP contribution < -0.4 is 5.56 Å². The van der Waals surface area contributed by atoms with Crippen molar-refractivity contribution < 1.29 is 0 Å². The largest absolute Gasteiger partial charge is 0.268 e. The maximum absolute atomic E-state index is 13.0. The molecule has 0 aliphatic carbocycles. The van der Waals surface area contributed by atoms with Crippen molar-refractivity contribution in [3.8, 4) is 5.13 Å². The molecule has 0 unspecified atom stereocenters. The summed E-state index contributed by atoms with van der Waals surface area (Å²) in [4.78, 5) is 26.0. The van der Waals surface area contributed by atoms with Gasteiger partial charge < -0.3 is 0 Å². The lowest BCUT2D eigenvalue weighted by Gasteiger charge is -2.06. The second-order valence-corrected chi connectivity index (χ2v) is 6.39. The number of rotatable bonds is 1. The molecule has 1 aromatic carbocycles. The van der Waals surface area contributed by atoms with Gasteiger partial charge in [0, 0.05) is 6.20 Å². The number of nitrogens with zero attached hydrogens (tertiary/aromatic N) is 6. The fraction of sp³-hybridized carbons (Fsp3) is 0.0625. The first-order valence-electron chi connectivity index (χ1n) is 7.30. The highest BCUT2D eigenvalue weighted by Crippen LogP contribution is 2.24. The molecule has 0 saturated carbocycles. The van der Waals surface area contributed by atoms with Crippen LogP contribution in [0, 0.1) is 6.92 Å². The average molecular weight is 334 g/mol. The Bertz CT molecular complexity index is 1270. The number of pyridine rings is 1. The highest BCUT2D eigenvalue weighted by Gasteiger charge is 2.14. The molecule has 7 nitrogen and oxygen atoms in total. The first kappa shape index (κ1) is 13.3. The van der Waals surface area contributed by atoms with Crippen molar-refractivity contribution in [2.75, 3.05) is 0 Å². The van der Waals surface area contributed by atoms with Crippen molar-refractivity contribution >= 4 is 38.2 Å². The van der Waals surface area contributed by atoms with E-state index < -0.39 is 0 Å². The first-order valence-corrected chi connectivity index (χ1v) is 8.12. The van der Waals surface area contributed by atoms with E-state index >= 15 is 0 Å². The molecule has 0 aliphatic heterocycles. The van der Waals surface area contributed by atoms with Crippen LogP contribution in [0.4, 0.5) is 0 Å². The number of thiazole rings is 1. The number of benzene rings is 1. The summed E-state index contributed by atoms with van der Waals surface area (Å²) in [7, 11) is 0. The van der Waals surface area contributed by atoms with Crippen molar-refractivity contribution in [1.82, 2.24) is 29.1 Å². The van der Waals surface area contributed by atoms with E-state index in [1.165, 1.54) is 17.7 Å². The minimum atomic E-state index is -0.158. The van der Waals surface area contributed by atoms with Gasteiger partial charge >= 0.3 is 0 Å². The molecular weight excluding hydrogens is 324 g/mol. The van der Waals surface area contributed by atoms with Gasteiger partial charge in [0.1, 0.15) is 6.33 Å². The Labute approximate surface area is 138 Å². The van der Waals surface area contributed by atoms with E-state index in [0.717, 1.165) is 10.2 Å². The number of para-hydroxylation sites is 1. The van der Waals surface area contributed by atoms with Crippen LogP contribution in [0.15, 0.2) is 47.7 Å². The van der Waals surface area contributed by atoms with Crippen LogP contribution in [0.5, 0.6) is 0 Å². The van der Waals surface area contributed by atoms with E-state index in [1.54, 1.807) is 22.2 Å². The molecule has 0 N–H and O–H groups in total. The molecule has 0 radical (unpaired) electrons. The summed E-state index contributed by atoms with van der Waals surface area (Å²) in [5.41, 5.74) is 2.04. The Kier molecular flexibility index (Phi) is 2.60. The van der Waals surface area contributed by atoms with Crippen molar-refractivity contribution in [3.05, 3.63) is 58.9 Å². The van der Waals surface area contributed by atoms with Gasteiger partial charge in [-0.3, -0.25) is 9.36 Å².